The van der Waals surface area contributed by atoms with Crippen molar-refractivity contribution in [3.63, 3.8) is 0 Å². The topological polar surface area (TPSA) is 49.9 Å². The number of hydrogen-bond acceptors (Lipinski definition) is 4. The van der Waals surface area contributed by atoms with Crippen molar-refractivity contribution in [3.05, 3.63) is 58.1 Å². The van der Waals surface area contributed by atoms with Gasteiger partial charge in [0.1, 0.15) is 5.75 Å². The van der Waals surface area contributed by atoms with Gasteiger partial charge >= 0.3 is 0 Å². The van der Waals surface area contributed by atoms with E-state index in [1.165, 1.54) is 11.8 Å². The van der Waals surface area contributed by atoms with E-state index in [-0.39, 0.29) is 11.8 Å². The summed E-state index contributed by atoms with van der Waals surface area (Å²) < 4.78 is 5.42. The average molecular weight is 453 g/mol. The summed E-state index contributed by atoms with van der Waals surface area (Å²) >= 11 is 13.5. The van der Waals surface area contributed by atoms with Crippen molar-refractivity contribution in [2.24, 2.45) is 0 Å². The van der Waals surface area contributed by atoms with Crippen LogP contribution in [-0.4, -0.2) is 60.2 Å². The van der Waals surface area contributed by atoms with Gasteiger partial charge < -0.3 is 14.5 Å². The minimum atomic E-state index is -0.120. The number of halogens is 2. The zero-order valence-corrected chi connectivity index (χ0v) is 18.4. The molecule has 2 aromatic carbocycles. The fourth-order valence-corrected chi connectivity index (χ4v) is 4.38. The number of ether oxygens (including phenoxy) is 1. The van der Waals surface area contributed by atoms with Gasteiger partial charge in [-0.1, -0.05) is 23.2 Å². The smallest absolute Gasteiger partial charge is 0.254 e. The van der Waals surface area contributed by atoms with Crippen LogP contribution < -0.4 is 4.74 Å². The largest absolute Gasteiger partial charge is 0.494 e. The SMILES string of the molecule is CCOc1ccc(SCC(=O)N2CCN(C(=O)c3cc(Cl)cc(Cl)c3)CC2)cc1. The molecule has 1 aliphatic rings. The van der Waals surface area contributed by atoms with Gasteiger partial charge in [-0.2, -0.15) is 0 Å². The summed E-state index contributed by atoms with van der Waals surface area (Å²) in [5.74, 6) is 1.14. The van der Waals surface area contributed by atoms with Gasteiger partial charge in [0.15, 0.2) is 0 Å². The molecule has 0 bridgehead atoms. The molecule has 8 heteroatoms. The molecule has 154 valence electrons. The Hall–Kier alpha value is -1.89. The first-order chi connectivity index (χ1) is 14.0. The molecular formula is C21H22Cl2N2O3S. The van der Waals surface area contributed by atoms with Crippen LogP contribution >= 0.6 is 35.0 Å². The van der Waals surface area contributed by atoms with Crippen LogP contribution in [0.3, 0.4) is 0 Å². The van der Waals surface area contributed by atoms with Crippen LogP contribution in [0, 0.1) is 0 Å². The molecule has 0 N–H and O–H groups in total. The molecule has 0 aromatic heterocycles. The predicted molar refractivity (Wildman–Crippen MR) is 117 cm³/mol. The average Bonchev–Trinajstić information content (AvgIpc) is 2.72. The van der Waals surface area contributed by atoms with Crippen LogP contribution in [0.1, 0.15) is 17.3 Å². The van der Waals surface area contributed by atoms with Crippen molar-refractivity contribution in [1.82, 2.24) is 9.80 Å². The molecule has 0 saturated carbocycles. The minimum absolute atomic E-state index is 0.0711. The lowest BCUT2D eigenvalue weighted by atomic mass is 10.2. The minimum Gasteiger partial charge on any atom is -0.494 e. The molecule has 3 rings (SSSR count). The maximum Gasteiger partial charge on any atom is 0.254 e. The third kappa shape index (κ3) is 6.04. The third-order valence-electron chi connectivity index (χ3n) is 4.53. The van der Waals surface area contributed by atoms with Crippen molar-refractivity contribution in [3.8, 4) is 5.75 Å². The molecule has 2 amide bonds. The van der Waals surface area contributed by atoms with E-state index in [0.717, 1.165) is 10.6 Å². The molecular weight excluding hydrogens is 431 g/mol. The number of piperazine rings is 1. The maximum atomic E-state index is 12.7. The van der Waals surface area contributed by atoms with Crippen molar-refractivity contribution in [2.45, 2.75) is 11.8 Å². The molecule has 1 fully saturated rings. The van der Waals surface area contributed by atoms with E-state index in [1.54, 1.807) is 28.0 Å². The highest BCUT2D eigenvalue weighted by molar-refractivity contribution is 8.00. The van der Waals surface area contributed by atoms with E-state index in [1.807, 2.05) is 31.2 Å². The number of nitrogens with zero attached hydrogens (tertiary/aromatic N) is 2. The van der Waals surface area contributed by atoms with Gasteiger partial charge in [-0.3, -0.25) is 9.59 Å². The number of carbonyl (C=O) groups excluding carboxylic acids is 2. The normalized spacial score (nSPS) is 14.0. The first-order valence-electron chi connectivity index (χ1n) is 9.35. The summed E-state index contributed by atoms with van der Waals surface area (Å²) in [5.41, 5.74) is 0.466. The van der Waals surface area contributed by atoms with E-state index < -0.39 is 0 Å². The Morgan fingerprint density at radius 2 is 1.55 bits per heavy atom. The number of amides is 2. The lowest BCUT2D eigenvalue weighted by Crippen LogP contribution is -2.51. The van der Waals surface area contributed by atoms with Crippen LogP contribution in [0.4, 0.5) is 0 Å². The number of carbonyl (C=O) groups is 2. The van der Waals surface area contributed by atoms with Crippen LogP contribution in [0.15, 0.2) is 47.4 Å². The summed E-state index contributed by atoms with van der Waals surface area (Å²) in [5, 5.41) is 0.863. The van der Waals surface area contributed by atoms with Crippen LogP contribution in [0.2, 0.25) is 10.0 Å². The number of benzene rings is 2. The first kappa shape index (κ1) is 21.8. The van der Waals surface area contributed by atoms with Gasteiger partial charge in [-0.15, -0.1) is 11.8 Å². The second-order valence-electron chi connectivity index (χ2n) is 6.52. The van der Waals surface area contributed by atoms with Crippen molar-refractivity contribution >= 4 is 46.8 Å². The molecule has 0 spiro atoms. The van der Waals surface area contributed by atoms with E-state index in [2.05, 4.69) is 0 Å². The van der Waals surface area contributed by atoms with Crippen LogP contribution in [0.5, 0.6) is 5.75 Å². The quantitative estimate of drug-likeness (QED) is 0.606. The second kappa shape index (κ2) is 10.2. The predicted octanol–water partition coefficient (Wildman–Crippen LogP) is 4.47. The molecule has 1 saturated heterocycles. The Bertz CT molecular complexity index is 848. The summed E-state index contributed by atoms with van der Waals surface area (Å²) in [7, 11) is 0. The lowest BCUT2D eigenvalue weighted by molar-refractivity contribution is -0.129. The Balaban J connectivity index is 1.48. The fraction of sp³-hybridized carbons (Fsp3) is 0.333. The van der Waals surface area contributed by atoms with E-state index >= 15 is 0 Å². The van der Waals surface area contributed by atoms with Gasteiger partial charge in [0.05, 0.1) is 12.4 Å². The summed E-state index contributed by atoms with van der Waals surface area (Å²) in [6, 6.07) is 12.5. The highest BCUT2D eigenvalue weighted by Crippen LogP contribution is 2.23. The second-order valence-corrected chi connectivity index (χ2v) is 8.45. The summed E-state index contributed by atoms with van der Waals surface area (Å²) in [4.78, 5) is 29.7. The third-order valence-corrected chi connectivity index (χ3v) is 5.96. The Kier molecular flexibility index (Phi) is 7.70. The maximum absolute atomic E-state index is 12.7. The molecule has 0 unspecified atom stereocenters. The molecule has 1 heterocycles. The van der Waals surface area contributed by atoms with E-state index in [4.69, 9.17) is 27.9 Å². The van der Waals surface area contributed by atoms with Gasteiger partial charge in [0.2, 0.25) is 5.91 Å². The van der Waals surface area contributed by atoms with Crippen molar-refractivity contribution in [2.75, 3.05) is 38.5 Å². The highest BCUT2D eigenvalue weighted by atomic mass is 35.5. The fourth-order valence-electron chi connectivity index (χ4n) is 3.05. The first-order valence-corrected chi connectivity index (χ1v) is 11.1. The van der Waals surface area contributed by atoms with Gasteiger partial charge in [-0.05, 0) is 49.4 Å². The molecule has 0 atom stereocenters. The molecule has 5 nitrogen and oxygen atoms in total. The van der Waals surface area contributed by atoms with Gasteiger partial charge in [-0.25, -0.2) is 0 Å². The summed E-state index contributed by atoms with van der Waals surface area (Å²) in [6.07, 6.45) is 0. The molecule has 0 radical (unpaired) electrons. The monoisotopic (exact) mass is 452 g/mol. The highest BCUT2D eigenvalue weighted by Gasteiger charge is 2.25. The zero-order valence-electron chi connectivity index (χ0n) is 16.1. The van der Waals surface area contributed by atoms with Crippen LogP contribution in [-0.2, 0) is 4.79 Å². The molecule has 0 aliphatic carbocycles. The van der Waals surface area contributed by atoms with E-state index in [0.29, 0.717) is 54.1 Å². The zero-order chi connectivity index (χ0) is 20.8. The molecule has 1 aliphatic heterocycles. The number of hydrogen-bond donors (Lipinski definition) is 0. The lowest BCUT2D eigenvalue weighted by Gasteiger charge is -2.34. The number of rotatable bonds is 6. The Morgan fingerprint density at radius 1 is 0.966 bits per heavy atom. The standard InChI is InChI=1S/C21H22Cl2N2O3S/c1-2-28-18-3-5-19(6-4-18)29-14-20(26)24-7-9-25(10-8-24)21(27)15-11-16(22)13-17(23)12-15/h3-6,11-13H,2,7-10,14H2,1H3. The summed E-state index contributed by atoms with van der Waals surface area (Å²) in [6.45, 7) is 4.58. The van der Waals surface area contributed by atoms with Gasteiger partial charge in [0, 0.05) is 46.7 Å². The van der Waals surface area contributed by atoms with E-state index in [9.17, 15) is 9.59 Å². The van der Waals surface area contributed by atoms with Crippen molar-refractivity contribution < 1.29 is 14.3 Å². The van der Waals surface area contributed by atoms with Crippen LogP contribution in [0.25, 0.3) is 0 Å². The number of thioether (sulfide) groups is 1. The molecule has 2 aromatic rings. The van der Waals surface area contributed by atoms with Gasteiger partial charge in [0.25, 0.3) is 5.91 Å². The Labute approximate surface area is 184 Å². The molecule has 29 heavy (non-hydrogen) atoms. The Morgan fingerprint density at radius 3 is 2.14 bits per heavy atom. The van der Waals surface area contributed by atoms with Crippen molar-refractivity contribution in [1.29, 1.82) is 0 Å².